The first-order valence-corrected chi connectivity index (χ1v) is 23.8. The summed E-state index contributed by atoms with van der Waals surface area (Å²) in [6.45, 7) is 0. The van der Waals surface area contributed by atoms with Crippen LogP contribution in [0.2, 0.25) is 0 Å². The largest absolute Gasteiger partial charge is 0.309 e. The van der Waals surface area contributed by atoms with Crippen molar-refractivity contribution in [2.75, 3.05) is 0 Å². The molecule has 0 unspecified atom stereocenters. The summed E-state index contributed by atoms with van der Waals surface area (Å²) in [5.74, 6) is 0. The Morgan fingerprint density at radius 3 is 1.19 bits per heavy atom. The number of rotatable bonds is 8. The van der Waals surface area contributed by atoms with Gasteiger partial charge in [0.25, 0.3) is 0 Å². The lowest BCUT2D eigenvalue weighted by Gasteiger charge is -2.35. The SMILES string of the molecule is c1ccc(-c2cccc([Si](c3ccccc3)(c3cccc(-c4ccccc4)c3)c3ccc4c(c3)c3ccccc3n4-c3ccc4c(c3)c3ccccc3n4-c3ccccc3)c2)cc1. The van der Waals surface area contributed by atoms with E-state index in [0.717, 1.165) is 11.4 Å². The Kier molecular flexibility index (Phi) is 8.87. The summed E-state index contributed by atoms with van der Waals surface area (Å²) in [7, 11) is -3.01. The highest BCUT2D eigenvalue weighted by atomic mass is 28.3. The zero-order valence-electron chi connectivity index (χ0n) is 34.6. The molecule has 2 nitrogen and oxygen atoms in total. The van der Waals surface area contributed by atoms with Crippen molar-refractivity contribution in [1.82, 2.24) is 9.13 Å². The summed E-state index contributed by atoms with van der Waals surface area (Å²) in [5, 5.41) is 10.4. The Hall–Kier alpha value is -7.98. The van der Waals surface area contributed by atoms with Crippen LogP contribution in [0.25, 0.3) is 77.2 Å². The fourth-order valence-corrected chi connectivity index (χ4v) is 15.1. The van der Waals surface area contributed by atoms with Crippen LogP contribution < -0.4 is 20.7 Å². The molecule has 10 aromatic carbocycles. The highest BCUT2D eigenvalue weighted by Crippen LogP contribution is 2.37. The number of nitrogens with zero attached hydrogens (tertiary/aromatic N) is 2. The second kappa shape index (κ2) is 15.2. The molecule has 3 heteroatoms. The van der Waals surface area contributed by atoms with E-state index in [4.69, 9.17) is 0 Å². The van der Waals surface area contributed by atoms with Gasteiger partial charge in [0.15, 0.2) is 8.07 Å². The summed E-state index contributed by atoms with van der Waals surface area (Å²) in [6.07, 6.45) is 0. The maximum Gasteiger partial charge on any atom is 0.179 e. The molecule has 12 rings (SSSR count). The molecule has 2 heterocycles. The molecule has 0 saturated carbocycles. The van der Waals surface area contributed by atoms with Gasteiger partial charge in [0.05, 0.1) is 22.1 Å². The molecule has 0 fully saturated rings. The van der Waals surface area contributed by atoms with Gasteiger partial charge in [-0.05, 0) is 91.5 Å². The molecule has 0 atom stereocenters. The van der Waals surface area contributed by atoms with Gasteiger partial charge in [-0.15, -0.1) is 0 Å². The van der Waals surface area contributed by atoms with Gasteiger partial charge in [0.2, 0.25) is 0 Å². The van der Waals surface area contributed by atoms with Gasteiger partial charge in [0.1, 0.15) is 0 Å². The van der Waals surface area contributed by atoms with Crippen molar-refractivity contribution in [2.24, 2.45) is 0 Å². The third-order valence-electron chi connectivity index (χ3n) is 13.0. The second-order valence-corrected chi connectivity index (χ2v) is 20.3. The smallest absolute Gasteiger partial charge is 0.179 e. The number of hydrogen-bond acceptors (Lipinski definition) is 0. The molecule has 0 amide bonds. The quantitative estimate of drug-likeness (QED) is 0.107. The van der Waals surface area contributed by atoms with Crippen molar-refractivity contribution in [1.29, 1.82) is 0 Å². The third kappa shape index (κ3) is 6.00. The fraction of sp³-hybridized carbons (Fsp3) is 0. The van der Waals surface area contributed by atoms with Crippen LogP contribution >= 0.6 is 0 Å². The zero-order chi connectivity index (χ0) is 41.7. The molecule has 0 aliphatic carbocycles. The van der Waals surface area contributed by atoms with Crippen LogP contribution in [0.4, 0.5) is 0 Å². The van der Waals surface area contributed by atoms with E-state index < -0.39 is 8.07 Å². The Balaban J connectivity index is 1.13. The topological polar surface area (TPSA) is 9.86 Å². The predicted octanol–water partition coefficient (Wildman–Crippen LogP) is 12.6. The van der Waals surface area contributed by atoms with E-state index in [2.05, 4.69) is 264 Å². The molecular weight excluding hydrogens is 777 g/mol. The first-order chi connectivity index (χ1) is 31.3. The molecular formula is C60H42N2Si. The average Bonchev–Trinajstić information content (AvgIpc) is 3.88. The molecule has 0 N–H and O–H groups in total. The lowest BCUT2D eigenvalue weighted by Crippen LogP contribution is -2.74. The third-order valence-corrected chi connectivity index (χ3v) is 17.8. The Labute approximate surface area is 368 Å². The molecule has 12 aromatic rings. The molecule has 296 valence electrons. The van der Waals surface area contributed by atoms with E-state index in [9.17, 15) is 0 Å². The van der Waals surface area contributed by atoms with E-state index in [1.807, 2.05) is 0 Å². The van der Waals surface area contributed by atoms with Gasteiger partial charge in [-0.1, -0.05) is 206 Å². The van der Waals surface area contributed by atoms with Gasteiger partial charge < -0.3 is 9.13 Å². The Bertz CT molecular complexity index is 3520. The van der Waals surface area contributed by atoms with Crippen LogP contribution in [0.5, 0.6) is 0 Å². The van der Waals surface area contributed by atoms with Crippen molar-refractivity contribution < 1.29 is 0 Å². The van der Waals surface area contributed by atoms with E-state index in [1.54, 1.807) is 0 Å². The molecule has 63 heavy (non-hydrogen) atoms. The normalized spacial score (nSPS) is 11.8. The van der Waals surface area contributed by atoms with Crippen molar-refractivity contribution in [3.63, 3.8) is 0 Å². The summed E-state index contributed by atoms with van der Waals surface area (Å²) in [6, 6.07) is 94.5. The molecule has 0 aliphatic rings. The van der Waals surface area contributed by atoms with Crippen molar-refractivity contribution >= 4 is 72.4 Å². The molecule has 0 radical (unpaired) electrons. The van der Waals surface area contributed by atoms with Crippen LogP contribution in [0.3, 0.4) is 0 Å². The van der Waals surface area contributed by atoms with Gasteiger partial charge in [-0.2, -0.15) is 0 Å². The zero-order valence-corrected chi connectivity index (χ0v) is 35.6. The van der Waals surface area contributed by atoms with Crippen LogP contribution in [0.1, 0.15) is 0 Å². The van der Waals surface area contributed by atoms with Crippen LogP contribution in [-0.2, 0) is 0 Å². The van der Waals surface area contributed by atoms with Gasteiger partial charge in [0, 0.05) is 32.9 Å². The van der Waals surface area contributed by atoms with Crippen LogP contribution in [0.15, 0.2) is 255 Å². The first-order valence-electron chi connectivity index (χ1n) is 21.8. The number of para-hydroxylation sites is 3. The number of aromatic nitrogens is 2. The highest BCUT2D eigenvalue weighted by Gasteiger charge is 2.42. The highest BCUT2D eigenvalue weighted by molar-refractivity contribution is 7.20. The summed E-state index contributed by atoms with van der Waals surface area (Å²) in [4.78, 5) is 0. The second-order valence-electron chi connectivity index (χ2n) is 16.5. The number of benzene rings is 10. The van der Waals surface area contributed by atoms with Gasteiger partial charge in [-0.25, -0.2) is 0 Å². The maximum atomic E-state index is 2.54. The van der Waals surface area contributed by atoms with Crippen molar-refractivity contribution in [3.8, 4) is 33.6 Å². The maximum absolute atomic E-state index is 3.01. The summed E-state index contributed by atoms with van der Waals surface area (Å²) >= 11 is 0. The van der Waals surface area contributed by atoms with E-state index in [0.29, 0.717) is 0 Å². The van der Waals surface area contributed by atoms with E-state index in [1.165, 1.54) is 86.6 Å². The number of fused-ring (bicyclic) bond motifs is 6. The van der Waals surface area contributed by atoms with Gasteiger partial charge >= 0.3 is 0 Å². The van der Waals surface area contributed by atoms with Crippen molar-refractivity contribution in [2.45, 2.75) is 0 Å². The first kappa shape index (κ1) is 36.8. The number of hydrogen-bond donors (Lipinski definition) is 0. The van der Waals surface area contributed by atoms with Crippen LogP contribution in [-0.4, -0.2) is 17.2 Å². The Morgan fingerprint density at radius 2 is 0.619 bits per heavy atom. The molecule has 0 aliphatic heterocycles. The fourth-order valence-electron chi connectivity index (χ4n) is 10.3. The Morgan fingerprint density at radius 1 is 0.222 bits per heavy atom. The summed E-state index contributed by atoms with van der Waals surface area (Å²) in [5.41, 5.74) is 12.0. The lowest BCUT2D eigenvalue weighted by molar-refractivity contribution is 1.17. The van der Waals surface area contributed by atoms with Crippen LogP contribution in [0, 0.1) is 0 Å². The van der Waals surface area contributed by atoms with E-state index in [-0.39, 0.29) is 0 Å². The minimum atomic E-state index is -3.01. The summed E-state index contributed by atoms with van der Waals surface area (Å²) < 4.78 is 4.86. The molecule has 2 aromatic heterocycles. The molecule has 0 bridgehead atoms. The minimum Gasteiger partial charge on any atom is -0.309 e. The average molecular weight is 819 g/mol. The molecule has 0 spiro atoms. The minimum absolute atomic E-state index is 1.15. The lowest BCUT2D eigenvalue weighted by atomic mass is 10.1. The van der Waals surface area contributed by atoms with Gasteiger partial charge in [-0.3, -0.25) is 0 Å². The van der Waals surface area contributed by atoms with Crippen molar-refractivity contribution in [3.05, 3.63) is 255 Å². The molecule has 0 saturated heterocycles. The predicted molar refractivity (Wildman–Crippen MR) is 270 cm³/mol. The monoisotopic (exact) mass is 818 g/mol. The standard InChI is InChI=1S/C60H42N2Si/c1-5-19-43(20-6-1)45-23-17-29-50(39-45)63(49-27-11-4-12-28-49,51-30-18-24-46(40-51)44-21-7-2-8-22-44)52-36-38-60-56(42-52)54-32-14-16-34-58(54)62(60)48-35-37-59-55(41-48)53-31-13-15-33-57(53)61(59)47-25-9-3-10-26-47/h1-42H. The van der Waals surface area contributed by atoms with E-state index >= 15 is 0 Å².